The molecule has 1 aliphatic carbocycles. The molecule has 0 amide bonds. The van der Waals surface area contributed by atoms with Crippen LogP contribution in [0.15, 0.2) is 42.0 Å². The van der Waals surface area contributed by atoms with Crippen molar-refractivity contribution in [3.05, 3.63) is 47.5 Å². The number of benzene rings is 1. The van der Waals surface area contributed by atoms with E-state index < -0.39 is 17.0 Å². The molecule has 1 aliphatic heterocycles. The molecule has 4 nitrogen and oxygen atoms in total. The van der Waals surface area contributed by atoms with E-state index in [0.717, 1.165) is 12.0 Å². The summed E-state index contributed by atoms with van der Waals surface area (Å²) in [5.41, 5.74) is 1.35. The summed E-state index contributed by atoms with van der Waals surface area (Å²) >= 11 is 0. The summed E-state index contributed by atoms with van der Waals surface area (Å²) in [6, 6.07) is 9.94. The fourth-order valence-electron chi connectivity index (χ4n) is 3.48. The highest BCUT2D eigenvalue weighted by Gasteiger charge is 2.57. The Morgan fingerprint density at radius 1 is 1.00 bits per heavy atom. The average Bonchev–Trinajstić information content (AvgIpc) is 3.45. The molecule has 1 aromatic rings. The van der Waals surface area contributed by atoms with Gasteiger partial charge in [-0.3, -0.25) is 0 Å². The number of allylic oxidation sites excluding steroid dienone is 2. The van der Waals surface area contributed by atoms with Crippen molar-refractivity contribution in [2.75, 3.05) is 14.2 Å². The van der Waals surface area contributed by atoms with Crippen LogP contribution in [0.25, 0.3) is 0 Å². The minimum atomic E-state index is -0.997. The molecular weight excluding hydrogens is 364 g/mol. The first-order valence-corrected chi connectivity index (χ1v) is 10.4. The summed E-state index contributed by atoms with van der Waals surface area (Å²) in [4.78, 5) is 0. The van der Waals surface area contributed by atoms with Gasteiger partial charge in [0.05, 0.1) is 11.2 Å². The van der Waals surface area contributed by atoms with Crippen LogP contribution in [0.5, 0.6) is 0 Å². The monoisotopic (exact) mass is 398 g/mol. The molecule has 2 atom stereocenters. The zero-order valence-electron chi connectivity index (χ0n) is 18.6. The molecule has 1 aromatic carbocycles. The van der Waals surface area contributed by atoms with Crippen LogP contribution >= 0.6 is 0 Å². The summed E-state index contributed by atoms with van der Waals surface area (Å²) in [6.07, 6.45) is 5.63. The number of hydrogen-bond acceptors (Lipinski definition) is 4. The van der Waals surface area contributed by atoms with E-state index in [4.69, 9.17) is 18.9 Å². The molecule has 4 heteroatoms. The summed E-state index contributed by atoms with van der Waals surface area (Å²) in [7, 11) is 3.40. The number of hydrogen-bond donors (Lipinski definition) is 0. The third-order valence-corrected chi connectivity index (χ3v) is 5.95. The van der Waals surface area contributed by atoms with Crippen molar-refractivity contribution in [2.24, 2.45) is 0 Å². The Labute approximate surface area is 175 Å². The minimum absolute atomic E-state index is 0.318. The zero-order valence-corrected chi connectivity index (χ0v) is 18.6. The van der Waals surface area contributed by atoms with Gasteiger partial charge < -0.3 is 18.9 Å². The molecule has 1 saturated carbocycles. The summed E-state index contributed by atoms with van der Waals surface area (Å²) in [6.45, 7) is 8.08. The van der Waals surface area contributed by atoms with Gasteiger partial charge >= 0.3 is 0 Å². The van der Waals surface area contributed by atoms with Gasteiger partial charge in [0.1, 0.15) is 12.2 Å². The van der Waals surface area contributed by atoms with E-state index in [-0.39, 0.29) is 12.2 Å². The normalized spacial score (nSPS) is 23.4. The topological polar surface area (TPSA) is 36.9 Å². The first-order valence-electron chi connectivity index (χ1n) is 10.4. The molecule has 3 rings (SSSR count). The molecule has 1 saturated heterocycles. The second-order valence-electron chi connectivity index (χ2n) is 8.96. The standard InChI is InChI=1S/C25H34O4/c1-23(2,26-5)21-22(24(3,4)27-6)29-25(28-21,17-10-13-20-14-15-20)18-16-19-11-8-7-9-12-19/h7-9,11-13,21-22H,10,14-15,17H2,1-6H3/t21-,22-/m1/s1. The van der Waals surface area contributed by atoms with Crippen LogP contribution < -0.4 is 0 Å². The largest absolute Gasteiger partial charge is 0.376 e. The van der Waals surface area contributed by atoms with E-state index in [1.165, 1.54) is 18.4 Å². The van der Waals surface area contributed by atoms with Crippen molar-refractivity contribution < 1.29 is 18.9 Å². The van der Waals surface area contributed by atoms with Gasteiger partial charge in [-0.2, -0.15) is 0 Å². The summed E-state index contributed by atoms with van der Waals surface area (Å²) in [5, 5.41) is 0. The summed E-state index contributed by atoms with van der Waals surface area (Å²) in [5.74, 6) is 5.58. The van der Waals surface area contributed by atoms with Crippen LogP contribution in [0.2, 0.25) is 0 Å². The molecule has 0 bridgehead atoms. The minimum Gasteiger partial charge on any atom is -0.376 e. The molecule has 158 valence electrons. The maximum absolute atomic E-state index is 6.60. The van der Waals surface area contributed by atoms with Crippen molar-refractivity contribution in [3.63, 3.8) is 0 Å². The SMILES string of the molecule is COC(C)(C)[C@@H]1OC(C#Cc2ccccc2)(CCC=C2CC2)O[C@H]1C(C)(C)OC. The summed E-state index contributed by atoms with van der Waals surface area (Å²) < 4.78 is 24.8. The Balaban J connectivity index is 1.95. The van der Waals surface area contributed by atoms with Crippen LogP contribution in [0.4, 0.5) is 0 Å². The van der Waals surface area contributed by atoms with Crippen molar-refractivity contribution >= 4 is 0 Å². The van der Waals surface area contributed by atoms with E-state index in [1.807, 2.05) is 58.0 Å². The molecule has 0 unspecified atom stereocenters. The van der Waals surface area contributed by atoms with Crippen molar-refractivity contribution in [3.8, 4) is 11.8 Å². The van der Waals surface area contributed by atoms with E-state index in [9.17, 15) is 0 Å². The van der Waals surface area contributed by atoms with Crippen LogP contribution in [0.1, 0.15) is 58.9 Å². The molecule has 2 aliphatic rings. The van der Waals surface area contributed by atoms with Gasteiger partial charge in [-0.1, -0.05) is 35.8 Å². The lowest BCUT2D eigenvalue weighted by molar-refractivity contribution is -0.164. The fraction of sp³-hybridized carbons (Fsp3) is 0.600. The van der Waals surface area contributed by atoms with Gasteiger partial charge in [0, 0.05) is 26.2 Å². The van der Waals surface area contributed by atoms with E-state index >= 15 is 0 Å². The Morgan fingerprint density at radius 3 is 2.03 bits per heavy atom. The lowest BCUT2D eigenvalue weighted by Gasteiger charge is -2.38. The molecule has 0 radical (unpaired) electrons. The Kier molecular flexibility index (Phi) is 6.55. The first kappa shape index (κ1) is 22.1. The molecule has 0 spiro atoms. The van der Waals surface area contributed by atoms with Gasteiger partial charge in [-0.15, -0.1) is 0 Å². The third-order valence-electron chi connectivity index (χ3n) is 5.95. The van der Waals surface area contributed by atoms with Gasteiger partial charge in [-0.25, -0.2) is 0 Å². The Hall–Kier alpha value is -1.64. The molecule has 1 heterocycles. The molecule has 0 N–H and O–H groups in total. The predicted molar refractivity (Wildman–Crippen MR) is 115 cm³/mol. The van der Waals surface area contributed by atoms with Gasteiger partial charge in [0.2, 0.25) is 5.79 Å². The van der Waals surface area contributed by atoms with E-state index in [2.05, 4.69) is 17.9 Å². The molecule has 2 fully saturated rings. The van der Waals surface area contributed by atoms with E-state index in [0.29, 0.717) is 6.42 Å². The number of methoxy groups -OCH3 is 2. The average molecular weight is 399 g/mol. The van der Waals surface area contributed by atoms with Gasteiger partial charge in [0.15, 0.2) is 0 Å². The quantitative estimate of drug-likeness (QED) is 0.485. The second kappa shape index (κ2) is 8.62. The predicted octanol–water partition coefficient (Wildman–Crippen LogP) is 4.87. The number of ether oxygens (including phenoxy) is 4. The Morgan fingerprint density at radius 2 is 1.55 bits per heavy atom. The maximum atomic E-state index is 6.60. The maximum Gasteiger partial charge on any atom is 0.235 e. The zero-order chi connectivity index (χ0) is 21.1. The lowest BCUT2D eigenvalue weighted by atomic mass is 9.87. The van der Waals surface area contributed by atoms with Crippen LogP contribution in [0.3, 0.4) is 0 Å². The second-order valence-corrected chi connectivity index (χ2v) is 8.96. The number of rotatable bonds is 7. The van der Waals surface area contributed by atoms with Crippen molar-refractivity contribution in [1.82, 2.24) is 0 Å². The highest BCUT2D eigenvalue weighted by Crippen LogP contribution is 2.43. The Bertz CT molecular complexity index is 752. The molecule has 29 heavy (non-hydrogen) atoms. The third kappa shape index (κ3) is 5.29. The lowest BCUT2D eigenvalue weighted by Crippen LogP contribution is -2.53. The molecule has 0 aromatic heterocycles. The van der Waals surface area contributed by atoms with Crippen LogP contribution in [0, 0.1) is 11.8 Å². The smallest absolute Gasteiger partial charge is 0.235 e. The fourth-order valence-corrected chi connectivity index (χ4v) is 3.48. The van der Waals surface area contributed by atoms with Crippen LogP contribution in [-0.2, 0) is 18.9 Å². The van der Waals surface area contributed by atoms with Gasteiger partial charge in [-0.05, 0) is 65.0 Å². The van der Waals surface area contributed by atoms with Crippen molar-refractivity contribution in [1.29, 1.82) is 0 Å². The highest BCUT2D eigenvalue weighted by atomic mass is 16.8. The van der Waals surface area contributed by atoms with Crippen molar-refractivity contribution in [2.45, 2.75) is 82.6 Å². The highest BCUT2D eigenvalue weighted by molar-refractivity contribution is 5.36. The van der Waals surface area contributed by atoms with Gasteiger partial charge in [0.25, 0.3) is 0 Å². The molecular formula is C25H34O4. The van der Waals surface area contributed by atoms with E-state index in [1.54, 1.807) is 14.2 Å². The van der Waals surface area contributed by atoms with Crippen LogP contribution in [-0.4, -0.2) is 43.4 Å². The first-order chi connectivity index (χ1) is 13.7.